The molecule has 0 saturated carbocycles. The van der Waals surface area contributed by atoms with Gasteiger partial charge in [0.15, 0.2) is 11.5 Å². The summed E-state index contributed by atoms with van der Waals surface area (Å²) in [7, 11) is 0. The molecule has 4 amide bonds. The molecule has 242 valence electrons. The van der Waals surface area contributed by atoms with Gasteiger partial charge in [-0.3, -0.25) is 9.59 Å². The molecule has 4 heterocycles. The molecule has 3 aromatic carbocycles. The van der Waals surface area contributed by atoms with Crippen molar-refractivity contribution in [3.05, 3.63) is 95.3 Å². The second kappa shape index (κ2) is 12.5. The summed E-state index contributed by atoms with van der Waals surface area (Å²) in [6.07, 6.45) is 0.902. The number of rotatable bonds is 8. The summed E-state index contributed by atoms with van der Waals surface area (Å²) in [6, 6.07) is 13.4. The molecule has 2 N–H and O–H groups in total. The van der Waals surface area contributed by atoms with E-state index in [1.807, 2.05) is 6.07 Å². The molecule has 0 aliphatic carbocycles. The number of piperazine rings is 1. The number of aromatic hydroxyl groups is 1. The van der Waals surface area contributed by atoms with Crippen LogP contribution in [0.2, 0.25) is 0 Å². The van der Waals surface area contributed by atoms with Gasteiger partial charge in [0.1, 0.15) is 23.8 Å². The summed E-state index contributed by atoms with van der Waals surface area (Å²) in [5, 5.41) is 15.9. The minimum Gasteiger partial charge on any atom is -0.508 e. The zero-order valence-electron chi connectivity index (χ0n) is 25.2. The fourth-order valence-electron chi connectivity index (χ4n) is 6.31. The van der Waals surface area contributed by atoms with Gasteiger partial charge in [-0.15, -0.1) is 17.9 Å². The first-order chi connectivity index (χ1) is 22.8. The van der Waals surface area contributed by atoms with Crippen LogP contribution in [0.15, 0.2) is 72.8 Å². The maximum atomic E-state index is 14.5. The lowest BCUT2D eigenvalue weighted by Gasteiger charge is -2.55. The number of hydrogen-bond acceptors (Lipinski definition) is 9. The lowest BCUT2D eigenvalue weighted by Crippen LogP contribution is -2.76. The normalized spacial score (nSPS) is 19.3. The molecule has 4 aromatic rings. The predicted molar refractivity (Wildman–Crippen MR) is 170 cm³/mol. The number of urea groups is 1. The molecule has 0 radical (unpaired) electrons. The Morgan fingerprint density at radius 1 is 1.11 bits per heavy atom. The van der Waals surface area contributed by atoms with E-state index in [0.717, 1.165) is 11.1 Å². The molecule has 2 saturated heterocycles. The van der Waals surface area contributed by atoms with Crippen molar-refractivity contribution >= 4 is 39.4 Å². The molecule has 2 atom stereocenters. The second-order valence-electron chi connectivity index (χ2n) is 11.5. The topological polar surface area (TPSA) is 128 Å². The van der Waals surface area contributed by atoms with Gasteiger partial charge >= 0.3 is 6.03 Å². The summed E-state index contributed by atoms with van der Waals surface area (Å²) in [4.78, 5) is 49.6. The molecule has 7 rings (SSSR count). The van der Waals surface area contributed by atoms with Crippen molar-refractivity contribution < 1.29 is 33.4 Å². The third-order valence-corrected chi connectivity index (χ3v) is 9.34. The zero-order valence-corrected chi connectivity index (χ0v) is 26.0. The number of hydrazine groups is 1. The quantitative estimate of drug-likeness (QED) is 0.275. The van der Waals surface area contributed by atoms with Crippen LogP contribution in [0.25, 0.3) is 10.2 Å². The number of hydrogen-bond donors (Lipinski definition) is 2. The highest BCUT2D eigenvalue weighted by atomic mass is 32.1. The molecule has 3 aliphatic rings. The van der Waals surface area contributed by atoms with Crippen LogP contribution in [-0.4, -0.2) is 86.4 Å². The number of phenols is 1. The number of carbonyl (C=O) groups is 3. The number of thiazole rings is 1. The van der Waals surface area contributed by atoms with Gasteiger partial charge in [0.2, 0.25) is 18.6 Å². The Labute approximate surface area is 273 Å². The number of aromatic nitrogens is 1. The summed E-state index contributed by atoms with van der Waals surface area (Å²) >= 11 is 1.18. The van der Waals surface area contributed by atoms with E-state index >= 15 is 0 Å². The molecule has 14 heteroatoms. The van der Waals surface area contributed by atoms with Gasteiger partial charge in [0, 0.05) is 26.1 Å². The predicted octanol–water partition coefficient (Wildman–Crippen LogP) is 3.61. The Kier molecular flexibility index (Phi) is 8.12. The standard InChI is InChI=1S/C33H31FN6O6S/c1-2-11-38-17-29(42)39-25(12-20-3-7-23(41)8-4-20)32(43)37(15-22-6-9-24(34)31-30(22)36-18-47-31)16-28(39)40(38)33(44)35-14-21-5-10-26-27(13-21)46-19-45-26/h2-10,13,18,25,28,41H,1,11-12,14-17,19H2,(H,35,44)/t25-,28-/m0/s1. The number of nitrogens with zero attached hydrogens (tertiary/aromatic N) is 5. The molecule has 0 unspecified atom stereocenters. The number of nitrogens with one attached hydrogen (secondary N) is 1. The molecule has 0 spiro atoms. The van der Waals surface area contributed by atoms with Gasteiger partial charge in [-0.1, -0.05) is 30.3 Å². The maximum absolute atomic E-state index is 14.5. The molecular weight excluding hydrogens is 627 g/mol. The van der Waals surface area contributed by atoms with Gasteiger partial charge < -0.3 is 29.7 Å². The average molecular weight is 659 g/mol. The summed E-state index contributed by atoms with van der Waals surface area (Å²) < 4.78 is 25.8. The van der Waals surface area contributed by atoms with Crippen LogP contribution in [0.5, 0.6) is 17.2 Å². The first kappa shape index (κ1) is 30.4. The maximum Gasteiger partial charge on any atom is 0.334 e. The molecule has 0 bridgehead atoms. The molecule has 2 fully saturated rings. The SMILES string of the molecule is C=CCN1CC(=O)N2[C@@H](Cc3ccc(O)cc3)C(=O)N(Cc3ccc(F)c4scnc34)C[C@@H]2N1C(=O)NCc1ccc2c(c1)OCO2. The van der Waals surface area contributed by atoms with Gasteiger partial charge in [-0.25, -0.2) is 24.2 Å². The summed E-state index contributed by atoms with van der Waals surface area (Å²) in [6.45, 7) is 4.30. The third-order valence-electron chi connectivity index (χ3n) is 8.50. The number of amides is 4. The average Bonchev–Trinajstić information content (AvgIpc) is 3.75. The van der Waals surface area contributed by atoms with Crippen LogP contribution < -0.4 is 14.8 Å². The number of halogens is 1. The highest BCUT2D eigenvalue weighted by Crippen LogP contribution is 2.34. The number of phenolic OH excluding ortho intramolecular Hbond substituents is 1. The van der Waals surface area contributed by atoms with E-state index in [1.54, 1.807) is 51.8 Å². The zero-order chi connectivity index (χ0) is 32.7. The lowest BCUT2D eigenvalue weighted by atomic mass is 9.98. The number of fused-ring (bicyclic) bond motifs is 3. The second-order valence-corrected chi connectivity index (χ2v) is 12.3. The van der Waals surface area contributed by atoms with E-state index in [0.29, 0.717) is 27.3 Å². The van der Waals surface area contributed by atoms with E-state index in [-0.39, 0.29) is 63.5 Å². The van der Waals surface area contributed by atoms with Crippen molar-refractivity contribution in [1.82, 2.24) is 30.1 Å². The summed E-state index contributed by atoms with van der Waals surface area (Å²) in [5.41, 5.74) is 4.19. The largest absolute Gasteiger partial charge is 0.508 e. The van der Waals surface area contributed by atoms with Crippen molar-refractivity contribution in [3.8, 4) is 17.2 Å². The Bertz CT molecular complexity index is 1870. The summed E-state index contributed by atoms with van der Waals surface area (Å²) in [5.74, 6) is 0.283. The van der Waals surface area contributed by atoms with Gasteiger partial charge in [0.05, 0.1) is 28.8 Å². The first-order valence-corrected chi connectivity index (χ1v) is 15.9. The molecular formula is C33H31FN6O6S. The van der Waals surface area contributed by atoms with E-state index < -0.39 is 24.1 Å². The van der Waals surface area contributed by atoms with E-state index in [2.05, 4.69) is 16.9 Å². The number of carbonyl (C=O) groups excluding carboxylic acids is 3. The van der Waals surface area contributed by atoms with Gasteiger partial charge in [0.25, 0.3) is 0 Å². The Morgan fingerprint density at radius 2 is 1.89 bits per heavy atom. The van der Waals surface area contributed by atoms with Crippen molar-refractivity contribution in [2.75, 3.05) is 26.4 Å². The Morgan fingerprint density at radius 3 is 2.70 bits per heavy atom. The van der Waals surface area contributed by atoms with Crippen LogP contribution in [0, 0.1) is 5.82 Å². The van der Waals surface area contributed by atoms with Crippen LogP contribution in [-0.2, 0) is 29.1 Å². The van der Waals surface area contributed by atoms with Crippen molar-refractivity contribution in [2.24, 2.45) is 0 Å². The minimum absolute atomic E-state index is 0.00471. The van der Waals surface area contributed by atoms with Gasteiger partial charge in [-0.2, -0.15) is 0 Å². The fourth-order valence-corrected chi connectivity index (χ4v) is 7.05. The first-order valence-electron chi connectivity index (χ1n) is 15.0. The van der Waals surface area contributed by atoms with Gasteiger partial charge in [-0.05, 0) is 47.0 Å². The molecule has 3 aliphatic heterocycles. The third kappa shape index (κ3) is 5.81. The Balaban J connectivity index is 1.22. The van der Waals surface area contributed by atoms with Crippen LogP contribution >= 0.6 is 11.3 Å². The minimum atomic E-state index is -0.952. The van der Waals surface area contributed by atoms with E-state index in [9.17, 15) is 23.9 Å². The highest BCUT2D eigenvalue weighted by molar-refractivity contribution is 7.16. The smallest absolute Gasteiger partial charge is 0.334 e. The van der Waals surface area contributed by atoms with Crippen molar-refractivity contribution in [3.63, 3.8) is 0 Å². The molecule has 12 nitrogen and oxygen atoms in total. The molecule has 1 aromatic heterocycles. The van der Waals surface area contributed by atoms with Crippen LogP contribution in [0.4, 0.5) is 9.18 Å². The fraction of sp³-hybridized carbons (Fsp3) is 0.273. The lowest BCUT2D eigenvalue weighted by molar-refractivity contribution is -0.189. The van der Waals surface area contributed by atoms with Crippen LogP contribution in [0.1, 0.15) is 16.7 Å². The van der Waals surface area contributed by atoms with E-state index in [4.69, 9.17) is 9.47 Å². The molecule has 47 heavy (non-hydrogen) atoms. The Hall–Kier alpha value is -5.21. The monoisotopic (exact) mass is 658 g/mol. The van der Waals surface area contributed by atoms with Crippen molar-refractivity contribution in [1.29, 1.82) is 0 Å². The van der Waals surface area contributed by atoms with E-state index in [1.165, 1.54) is 39.4 Å². The number of ether oxygens (including phenoxy) is 2. The number of benzene rings is 3. The highest BCUT2D eigenvalue weighted by Gasteiger charge is 2.51. The van der Waals surface area contributed by atoms with Crippen LogP contribution in [0.3, 0.4) is 0 Å². The van der Waals surface area contributed by atoms with Crippen molar-refractivity contribution in [2.45, 2.75) is 31.7 Å².